The zero-order valence-electron chi connectivity index (χ0n) is 9.98. The van der Waals surface area contributed by atoms with Gasteiger partial charge in [0, 0.05) is 17.7 Å². The van der Waals surface area contributed by atoms with Crippen LogP contribution >= 0.6 is 0 Å². The lowest BCUT2D eigenvalue weighted by atomic mass is 9.84. The molecule has 82 valence electrons. The van der Waals surface area contributed by atoms with E-state index in [9.17, 15) is 0 Å². The second kappa shape index (κ2) is 3.53. The molecular formula is C13H19NO. The van der Waals surface area contributed by atoms with Crippen molar-refractivity contribution in [1.82, 2.24) is 5.32 Å². The highest BCUT2D eigenvalue weighted by atomic mass is 16.5. The number of benzene rings is 1. The number of ether oxygens (including phenoxy) is 1. The largest absolute Gasteiger partial charge is 0.478 e. The molecule has 1 heterocycles. The molecule has 0 bridgehead atoms. The van der Waals surface area contributed by atoms with E-state index in [2.05, 4.69) is 45.1 Å². The van der Waals surface area contributed by atoms with Crippen molar-refractivity contribution >= 4 is 0 Å². The number of nitrogens with one attached hydrogen (secondary N) is 1. The Morgan fingerprint density at radius 3 is 2.67 bits per heavy atom. The van der Waals surface area contributed by atoms with Crippen LogP contribution in [0, 0.1) is 6.92 Å². The molecule has 0 amide bonds. The molecule has 0 saturated heterocycles. The quantitative estimate of drug-likeness (QED) is 0.703. The van der Waals surface area contributed by atoms with Crippen LogP contribution in [-0.2, 0) is 12.0 Å². The second-order valence-electron chi connectivity index (χ2n) is 5.27. The van der Waals surface area contributed by atoms with Crippen LogP contribution in [0.3, 0.4) is 0 Å². The number of fused-ring (bicyclic) bond motifs is 1. The van der Waals surface area contributed by atoms with Crippen molar-refractivity contribution < 1.29 is 4.74 Å². The zero-order valence-corrected chi connectivity index (χ0v) is 9.98. The van der Waals surface area contributed by atoms with Crippen LogP contribution in [0.5, 0.6) is 5.75 Å². The summed E-state index contributed by atoms with van der Waals surface area (Å²) in [7, 11) is 0. The lowest BCUT2D eigenvalue weighted by molar-refractivity contribution is 0.250. The molecule has 0 saturated carbocycles. The summed E-state index contributed by atoms with van der Waals surface area (Å²) in [6.45, 7) is 10.4. The number of hydrogen-bond acceptors (Lipinski definition) is 2. The Morgan fingerprint density at radius 1 is 1.27 bits per heavy atom. The normalized spacial score (nSPS) is 15.7. The highest BCUT2D eigenvalue weighted by Crippen LogP contribution is 2.36. The maximum absolute atomic E-state index is 5.72. The van der Waals surface area contributed by atoms with Crippen LogP contribution in [0.2, 0.25) is 0 Å². The Hall–Kier alpha value is -1.02. The van der Waals surface area contributed by atoms with Crippen molar-refractivity contribution in [3.63, 3.8) is 0 Å². The van der Waals surface area contributed by atoms with E-state index in [0.717, 1.165) is 12.3 Å². The van der Waals surface area contributed by atoms with Gasteiger partial charge in [0.2, 0.25) is 0 Å². The summed E-state index contributed by atoms with van der Waals surface area (Å²) in [5.41, 5.74) is 4.06. The molecule has 0 unspecified atom stereocenters. The smallest absolute Gasteiger partial charge is 0.139 e. The Kier molecular flexibility index (Phi) is 2.47. The fourth-order valence-electron chi connectivity index (χ4n) is 2.02. The van der Waals surface area contributed by atoms with E-state index < -0.39 is 0 Å². The molecule has 1 aliphatic heterocycles. The molecule has 1 aliphatic rings. The molecule has 2 nitrogen and oxygen atoms in total. The molecule has 1 aromatic rings. The standard InChI is InChI=1S/C13H19NO/c1-9-5-10-7-14-8-15-12(10)11(6-9)13(2,3)4/h5-6,14H,7-8H2,1-4H3. The monoisotopic (exact) mass is 205 g/mol. The summed E-state index contributed by atoms with van der Waals surface area (Å²) in [6, 6.07) is 4.45. The lowest BCUT2D eigenvalue weighted by Gasteiger charge is -2.28. The van der Waals surface area contributed by atoms with Crippen LogP contribution in [0.25, 0.3) is 0 Å². The van der Waals surface area contributed by atoms with E-state index in [1.165, 1.54) is 16.7 Å². The summed E-state index contributed by atoms with van der Waals surface area (Å²) in [6.07, 6.45) is 0. The van der Waals surface area contributed by atoms with Gasteiger partial charge in [-0.25, -0.2) is 0 Å². The summed E-state index contributed by atoms with van der Waals surface area (Å²) in [5.74, 6) is 1.09. The topological polar surface area (TPSA) is 21.3 Å². The van der Waals surface area contributed by atoms with E-state index in [-0.39, 0.29) is 5.41 Å². The van der Waals surface area contributed by atoms with Crippen molar-refractivity contribution in [2.24, 2.45) is 0 Å². The van der Waals surface area contributed by atoms with Gasteiger partial charge in [-0.05, 0) is 12.3 Å². The number of hydrogen-bond donors (Lipinski definition) is 1. The van der Waals surface area contributed by atoms with Crippen molar-refractivity contribution in [2.75, 3.05) is 6.73 Å². The highest BCUT2D eigenvalue weighted by molar-refractivity contribution is 5.48. The van der Waals surface area contributed by atoms with Gasteiger partial charge in [0.1, 0.15) is 12.5 Å². The summed E-state index contributed by atoms with van der Waals surface area (Å²) < 4.78 is 5.72. The minimum atomic E-state index is 0.146. The molecule has 0 fully saturated rings. The Labute approximate surface area is 91.6 Å². The lowest BCUT2D eigenvalue weighted by Crippen LogP contribution is -2.28. The minimum Gasteiger partial charge on any atom is -0.478 e. The first-order chi connectivity index (χ1) is 6.98. The van der Waals surface area contributed by atoms with E-state index in [1.807, 2.05) is 0 Å². The van der Waals surface area contributed by atoms with Crippen LogP contribution < -0.4 is 10.1 Å². The third kappa shape index (κ3) is 2.00. The van der Waals surface area contributed by atoms with E-state index in [1.54, 1.807) is 0 Å². The number of aryl methyl sites for hydroxylation is 1. The Morgan fingerprint density at radius 2 is 2.00 bits per heavy atom. The van der Waals surface area contributed by atoms with E-state index in [4.69, 9.17) is 4.74 Å². The van der Waals surface area contributed by atoms with Crippen molar-refractivity contribution in [2.45, 2.75) is 39.7 Å². The average molecular weight is 205 g/mol. The molecule has 0 atom stereocenters. The van der Waals surface area contributed by atoms with Gasteiger partial charge in [-0.1, -0.05) is 38.5 Å². The molecule has 15 heavy (non-hydrogen) atoms. The molecule has 1 aromatic carbocycles. The summed E-state index contributed by atoms with van der Waals surface area (Å²) in [4.78, 5) is 0. The summed E-state index contributed by atoms with van der Waals surface area (Å²) >= 11 is 0. The average Bonchev–Trinajstić information content (AvgIpc) is 2.15. The predicted octanol–water partition coefficient (Wildman–Crippen LogP) is 2.73. The maximum atomic E-state index is 5.72. The van der Waals surface area contributed by atoms with Gasteiger partial charge in [-0.3, -0.25) is 5.32 Å². The summed E-state index contributed by atoms with van der Waals surface area (Å²) in [5, 5.41) is 3.22. The molecule has 0 spiro atoms. The SMILES string of the molecule is Cc1cc2c(c(C(C)(C)C)c1)OCNC2. The predicted molar refractivity (Wildman–Crippen MR) is 62.2 cm³/mol. The molecule has 0 radical (unpaired) electrons. The van der Waals surface area contributed by atoms with E-state index in [0.29, 0.717) is 6.73 Å². The van der Waals surface area contributed by atoms with Crippen LogP contribution in [0.1, 0.15) is 37.5 Å². The third-order valence-electron chi connectivity index (χ3n) is 2.75. The fourth-order valence-corrected chi connectivity index (χ4v) is 2.02. The molecule has 1 N–H and O–H groups in total. The van der Waals surface area contributed by atoms with E-state index >= 15 is 0 Å². The Bertz CT molecular complexity index is 377. The first-order valence-electron chi connectivity index (χ1n) is 5.46. The zero-order chi connectivity index (χ0) is 11.1. The van der Waals surface area contributed by atoms with Gasteiger partial charge in [-0.2, -0.15) is 0 Å². The first-order valence-corrected chi connectivity index (χ1v) is 5.46. The van der Waals surface area contributed by atoms with Gasteiger partial charge >= 0.3 is 0 Å². The van der Waals surface area contributed by atoms with Crippen molar-refractivity contribution in [3.05, 3.63) is 28.8 Å². The van der Waals surface area contributed by atoms with Crippen LogP contribution in [-0.4, -0.2) is 6.73 Å². The van der Waals surface area contributed by atoms with Gasteiger partial charge in [0.05, 0.1) is 0 Å². The van der Waals surface area contributed by atoms with Crippen molar-refractivity contribution in [1.29, 1.82) is 0 Å². The highest BCUT2D eigenvalue weighted by Gasteiger charge is 2.23. The van der Waals surface area contributed by atoms with Gasteiger partial charge in [0.15, 0.2) is 0 Å². The van der Waals surface area contributed by atoms with Crippen LogP contribution in [0.4, 0.5) is 0 Å². The molecule has 2 heteroatoms. The third-order valence-corrected chi connectivity index (χ3v) is 2.75. The number of rotatable bonds is 0. The minimum absolute atomic E-state index is 0.146. The Balaban J connectivity index is 2.58. The first kappa shape index (κ1) is 10.5. The maximum Gasteiger partial charge on any atom is 0.139 e. The molecular weight excluding hydrogens is 186 g/mol. The molecule has 0 aliphatic carbocycles. The molecule has 2 rings (SSSR count). The molecule has 0 aromatic heterocycles. The fraction of sp³-hybridized carbons (Fsp3) is 0.538. The van der Waals surface area contributed by atoms with Crippen molar-refractivity contribution in [3.8, 4) is 5.75 Å². The van der Waals surface area contributed by atoms with Gasteiger partial charge in [0.25, 0.3) is 0 Å². The second-order valence-corrected chi connectivity index (χ2v) is 5.27. The van der Waals surface area contributed by atoms with Crippen LogP contribution in [0.15, 0.2) is 12.1 Å². The van der Waals surface area contributed by atoms with Gasteiger partial charge < -0.3 is 4.74 Å². The van der Waals surface area contributed by atoms with Gasteiger partial charge in [-0.15, -0.1) is 0 Å².